The van der Waals surface area contributed by atoms with E-state index in [0.29, 0.717) is 0 Å². The van der Waals surface area contributed by atoms with Gasteiger partial charge in [0.2, 0.25) is 0 Å². The molecule has 0 aromatic rings. The highest BCUT2D eigenvalue weighted by Crippen LogP contribution is 1.93. The minimum absolute atomic E-state index is 0.135. The Morgan fingerprint density at radius 2 is 2.09 bits per heavy atom. The largest absolute Gasteiger partial charge is 0.459 e. The quantitative estimate of drug-likeness (QED) is 0.459. The van der Waals surface area contributed by atoms with Crippen molar-refractivity contribution in [3.63, 3.8) is 0 Å². The van der Waals surface area contributed by atoms with Gasteiger partial charge in [-0.2, -0.15) is 0 Å². The van der Waals surface area contributed by atoms with Crippen molar-refractivity contribution in [2.45, 2.75) is 26.9 Å². The molecule has 1 atom stereocenters. The molecule has 0 rings (SSSR count). The minimum atomic E-state index is -0.248. The average molecular weight is 154 g/mol. The molecule has 2 nitrogen and oxygen atoms in total. The zero-order valence-corrected chi connectivity index (χ0v) is 7.20. The zero-order valence-electron chi connectivity index (χ0n) is 7.20. The van der Waals surface area contributed by atoms with Crippen LogP contribution in [-0.2, 0) is 9.53 Å². The third-order valence-corrected chi connectivity index (χ3v) is 1.04. The Balaban J connectivity index is 3.67. The summed E-state index contributed by atoms with van der Waals surface area (Å²) in [6, 6.07) is 0. The van der Waals surface area contributed by atoms with Gasteiger partial charge in [-0.15, -0.1) is 0 Å². The van der Waals surface area contributed by atoms with E-state index >= 15 is 0 Å². The lowest BCUT2D eigenvalue weighted by atomic mass is 10.3. The van der Waals surface area contributed by atoms with Crippen LogP contribution in [0.1, 0.15) is 20.8 Å². The van der Waals surface area contributed by atoms with Gasteiger partial charge in [0.05, 0.1) is 0 Å². The summed E-state index contributed by atoms with van der Waals surface area (Å²) >= 11 is 0. The maximum Gasteiger partial charge on any atom is 0.303 e. The van der Waals surface area contributed by atoms with Crippen LogP contribution >= 0.6 is 0 Å². The van der Waals surface area contributed by atoms with Gasteiger partial charge >= 0.3 is 5.97 Å². The lowest BCUT2D eigenvalue weighted by molar-refractivity contribution is -0.143. The van der Waals surface area contributed by atoms with Crippen molar-refractivity contribution in [3.05, 3.63) is 24.3 Å². The van der Waals surface area contributed by atoms with Crippen molar-refractivity contribution in [2.24, 2.45) is 0 Å². The van der Waals surface area contributed by atoms with Crippen molar-refractivity contribution < 1.29 is 9.53 Å². The smallest absolute Gasteiger partial charge is 0.303 e. The lowest BCUT2D eigenvalue weighted by Gasteiger charge is -2.04. The molecule has 0 amide bonds. The maximum atomic E-state index is 10.4. The van der Waals surface area contributed by atoms with Gasteiger partial charge in [0.25, 0.3) is 0 Å². The van der Waals surface area contributed by atoms with Gasteiger partial charge in [-0.05, 0) is 19.9 Å². The first-order chi connectivity index (χ1) is 5.16. The molecule has 0 aliphatic rings. The third kappa shape index (κ3) is 6.84. The second-order valence-corrected chi connectivity index (χ2v) is 2.23. The number of hydrogen-bond donors (Lipinski definition) is 0. The maximum absolute atomic E-state index is 10.4. The summed E-state index contributed by atoms with van der Waals surface area (Å²) in [5.74, 6) is -0.248. The van der Waals surface area contributed by atoms with Crippen molar-refractivity contribution in [3.8, 4) is 0 Å². The molecular weight excluding hydrogens is 140 g/mol. The molecule has 0 heterocycles. The van der Waals surface area contributed by atoms with E-state index in [1.54, 1.807) is 0 Å². The molecule has 0 radical (unpaired) electrons. The van der Waals surface area contributed by atoms with E-state index in [1.165, 1.54) is 6.92 Å². The van der Waals surface area contributed by atoms with E-state index in [9.17, 15) is 4.79 Å². The lowest BCUT2D eigenvalue weighted by Crippen LogP contribution is -2.08. The standard InChI is InChI=1S/C9H14O2/c1-4-5-6-7-8(2)11-9(3)10/h4-8H,1-3H3/b5-4+,7-6+. The summed E-state index contributed by atoms with van der Waals surface area (Å²) in [4.78, 5) is 10.4. The predicted molar refractivity (Wildman–Crippen MR) is 45.2 cm³/mol. The van der Waals surface area contributed by atoms with Gasteiger partial charge in [0.1, 0.15) is 6.10 Å². The summed E-state index contributed by atoms with van der Waals surface area (Å²) in [7, 11) is 0. The van der Waals surface area contributed by atoms with E-state index < -0.39 is 0 Å². The molecule has 0 N–H and O–H groups in total. The van der Waals surface area contributed by atoms with Crippen LogP contribution in [0.5, 0.6) is 0 Å². The Kier molecular flexibility index (Phi) is 5.17. The summed E-state index contributed by atoms with van der Waals surface area (Å²) in [5.41, 5.74) is 0. The molecular formula is C9H14O2. The van der Waals surface area contributed by atoms with Crippen LogP contribution in [0.15, 0.2) is 24.3 Å². The fourth-order valence-corrected chi connectivity index (χ4v) is 0.633. The Morgan fingerprint density at radius 3 is 2.55 bits per heavy atom. The Morgan fingerprint density at radius 1 is 1.45 bits per heavy atom. The highest BCUT2D eigenvalue weighted by Gasteiger charge is 1.97. The molecule has 2 heteroatoms. The molecule has 0 aliphatic carbocycles. The minimum Gasteiger partial charge on any atom is -0.459 e. The van der Waals surface area contributed by atoms with Crippen LogP contribution in [0, 0.1) is 0 Å². The molecule has 0 fully saturated rings. The van der Waals surface area contributed by atoms with Gasteiger partial charge in [-0.3, -0.25) is 4.79 Å². The van der Waals surface area contributed by atoms with Crippen LogP contribution in [0.25, 0.3) is 0 Å². The van der Waals surface area contributed by atoms with Crippen molar-refractivity contribution in [2.75, 3.05) is 0 Å². The fourth-order valence-electron chi connectivity index (χ4n) is 0.633. The van der Waals surface area contributed by atoms with Gasteiger partial charge in [-0.25, -0.2) is 0 Å². The van der Waals surface area contributed by atoms with Crippen molar-refractivity contribution in [1.29, 1.82) is 0 Å². The van der Waals surface area contributed by atoms with Crippen LogP contribution in [0.3, 0.4) is 0 Å². The first kappa shape index (κ1) is 9.95. The van der Waals surface area contributed by atoms with Crippen LogP contribution in [0.4, 0.5) is 0 Å². The molecule has 0 spiro atoms. The predicted octanol–water partition coefficient (Wildman–Crippen LogP) is 2.07. The Labute approximate surface area is 67.6 Å². The number of esters is 1. The van der Waals surface area contributed by atoms with E-state index in [2.05, 4.69) is 0 Å². The molecule has 11 heavy (non-hydrogen) atoms. The molecule has 0 saturated carbocycles. The summed E-state index contributed by atoms with van der Waals surface area (Å²) in [5, 5.41) is 0. The molecule has 62 valence electrons. The Hall–Kier alpha value is -1.05. The SMILES string of the molecule is C/C=C/C=C/C(C)OC(C)=O. The van der Waals surface area contributed by atoms with Crippen molar-refractivity contribution in [1.82, 2.24) is 0 Å². The van der Waals surface area contributed by atoms with E-state index in [1.807, 2.05) is 38.2 Å². The number of hydrogen-bond acceptors (Lipinski definition) is 2. The fraction of sp³-hybridized carbons (Fsp3) is 0.444. The third-order valence-electron chi connectivity index (χ3n) is 1.04. The molecule has 0 saturated heterocycles. The number of allylic oxidation sites excluding steroid dienone is 3. The molecule has 0 aliphatic heterocycles. The topological polar surface area (TPSA) is 26.3 Å². The normalized spacial score (nSPS) is 14.1. The molecule has 0 bridgehead atoms. The number of ether oxygens (including phenoxy) is 1. The number of rotatable bonds is 3. The first-order valence-electron chi connectivity index (χ1n) is 3.63. The van der Waals surface area contributed by atoms with Gasteiger partial charge in [0.15, 0.2) is 0 Å². The van der Waals surface area contributed by atoms with E-state index in [-0.39, 0.29) is 12.1 Å². The Bertz CT molecular complexity index is 168. The van der Waals surface area contributed by atoms with Gasteiger partial charge in [-0.1, -0.05) is 18.2 Å². The van der Waals surface area contributed by atoms with Crippen LogP contribution in [-0.4, -0.2) is 12.1 Å². The number of carbonyl (C=O) groups is 1. The van der Waals surface area contributed by atoms with Crippen LogP contribution in [0.2, 0.25) is 0 Å². The number of carbonyl (C=O) groups excluding carboxylic acids is 1. The van der Waals surface area contributed by atoms with Gasteiger partial charge < -0.3 is 4.74 Å². The van der Waals surface area contributed by atoms with Gasteiger partial charge in [0, 0.05) is 6.92 Å². The highest BCUT2D eigenvalue weighted by molar-refractivity contribution is 5.66. The van der Waals surface area contributed by atoms with E-state index in [0.717, 1.165) is 0 Å². The van der Waals surface area contributed by atoms with E-state index in [4.69, 9.17) is 4.74 Å². The molecule has 1 unspecified atom stereocenters. The zero-order chi connectivity index (χ0) is 8.69. The summed E-state index contributed by atoms with van der Waals surface area (Å²) < 4.78 is 4.84. The summed E-state index contributed by atoms with van der Waals surface area (Å²) in [6.07, 6.45) is 7.34. The van der Waals surface area contributed by atoms with Crippen molar-refractivity contribution >= 4 is 5.97 Å². The average Bonchev–Trinajstić information content (AvgIpc) is 1.86. The molecule has 0 aromatic carbocycles. The highest BCUT2D eigenvalue weighted by atomic mass is 16.5. The van der Waals surface area contributed by atoms with Crippen LogP contribution < -0.4 is 0 Å². The molecule has 0 aromatic heterocycles. The second-order valence-electron chi connectivity index (χ2n) is 2.23. The first-order valence-corrected chi connectivity index (χ1v) is 3.63. The monoisotopic (exact) mass is 154 g/mol. The second kappa shape index (κ2) is 5.71. The summed E-state index contributed by atoms with van der Waals surface area (Å²) in [6.45, 7) is 5.15.